The summed E-state index contributed by atoms with van der Waals surface area (Å²) in [6.07, 6.45) is -4.59. The topological polar surface area (TPSA) is 61.8 Å². The van der Waals surface area contributed by atoms with Crippen LogP contribution in [0.1, 0.15) is 25.8 Å². The van der Waals surface area contributed by atoms with Crippen LogP contribution in [0.2, 0.25) is 0 Å². The van der Waals surface area contributed by atoms with Crippen LogP contribution in [0.25, 0.3) is 0 Å². The number of amides is 2. The van der Waals surface area contributed by atoms with E-state index in [9.17, 15) is 22.8 Å². The van der Waals surface area contributed by atoms with E-state index >= 15 is 0 Å². The molecule has 1 atom stereocenters. The van der Waals surface area contributed by atoms with Crippen molar-refractivity contribution in [2.75, 3.05) is 6.54 Å². The van der Waals surface area contributed by atoms with E-state index in [0.29, 0.717) is 12.0 Å². The number of aliphatic imine (C=N–C) groups is 1. The summed E-state index contributed by atoms with van der Waals surface area (Å²) in [5.41, 5.74) is -2.88. The van der Waals surface area contributed by atoms with Gasteiger partial charge in [0.1, 0.15) is 5.84 Å². The van der Waals surface area contributed by atoms with Crippen LogP contribution in [0.3, 0.4) is 0 Å². The number of alkyl halides is 3. The fraction of sp³-hybridized carbons (Fsp3) is 0.400. The molecule has 1 aromatic carbocycles. The van der Waals surface area contributed by atoms with Crippen LogP contribution in [-0.4, -0.2) is 40.9 Å². The van der Waals surface area contributed by atoms with Gasteiger partial charge in [0.05, 0.1) is 0 Å². The summed E-state index contributed by atoms with van der Waals surface area (Å²) < 4.78 is 40.7. The fourth-order valence-electron chi connectivity index (χ4n) is 2.39. The molecule has 0 saturated carbocycles. The van der Waals surface area contributed by atoms with Crippen LogP contribution in [0.15, 0.2) is 35.3 Å². The zero-order valence-corrected chi connectivity index (χ0v) is 12.6. The molecule has 8 heteroatoms. The van der Waals surface area contributed by atoms with Gasteiger partial charge in [0, 0.05) is 19.0 Å². The van der Waals surface area contributed by atoms with Crippen molar-refractivity contribution in [3.05, 3.63) is 35.9 Å². The first-order valence-corrected chi connectivity index (χ1v) is 7.05. The van der Waals surface area contributed by atoms with Crippen molar-refractivity contribution < 1.29 is 22.8 Å². The fourth-order valence-corrected chi connectivity index (χ4v) is 2.39. The monoisotopic (exact) mass is 327 g/mol. The minimum atomic E-state index is -5.04. The molecule has 0 spiro atoms. The van der Waals surface area contributed by atoms with Gasteiger partial charge >= 0.3 is 11.8 Å². The van der Waals surface area contributed by atoms with Gasteiger partial charge in [-0.3, -0.25) is 14.5 Å². The molecule has 1 aromatic rings. The lowest BCUT2D eigenvalue weighted by molar-refractivity contribution is -0.199. The molecule has 124 valence electrons. The summed E-state index contributed by atoms with van der Waals surface area (Å²) >= 11 is 0. The zero-order chi connectivity index (χ0) is 17.3. The highest BCUT2D eigenvalue weighted by Crippen LogP contribution is 2.38. The number of benzene rings is 1. The number of halogens is 3. The molecule has 5 nitrogen and oxygen atoms in total. The van der Waals surface area contributed by atoms with Crippen molar-refractivity contribution in [3.8, 4) is 0 Å². The molecule has 0 fully saturated rings. The van der Waals surface area contributed by atoms with Crippen molar-refractivity contribution in [2.45, 2.75) is 32.1 Å². The van der Waals surface area contributed by atoms with E-state index in [0.717, 1.165) is 11.8 Å². The second-order valence-corrected chi connectivity index (χ2v) is 5.15. The minimum absolute atomic E-state index is 0.0734. The highest BCUT2D eigenvalue weighted by atomic mass is 19.4. The van der Waals surface area contributed by atoms with E-state index in [4.69, 9.17) is 0 Å². The first-order valence-electron chi connectivity index (χ1n) is 7.05. The van der Waals surface area contributed by atoms with Crippen LogP contribution in [-0.2, 0) is 9.59 Å². The molecule has 0 bridgehead atoms. The van der Waals surface area contributed by atoms with Crippen LogP contribution in [0.5, 0.6) is 0 Å². The molecule has 1 N–H and O–H groups in total. The molecule has 1 aliphatic heterocycles. The molecule has 0 radical (unpaired) electrons. The lowest BCUT2D eigenvalue weighted by Crippen LogP contribution is -2.63. The maximum Gasteiger partial charge on any atom is 0.442 e. The zero-order valence-electron chi connectivity index (χ0n) is 12.6. The lowest BCUT2D eigenvalue weighted by Gasteiger charge is -2.28. The van der Waals surface area contributed by atoms with E-state index in [1.807, 2.05) is 0 Å². The molecule has 2 amide bonds. The Morgan fingerprint density at radius 1 is 1.30 bits per heavy atom. The largest absolute Gasteiger partial charge is 0.442 e. The summed E-state index contributed by atoms with van der Waals surface area (Å²) in [5, 5.41) is 1.69. The van der Waals surface area contributed by atoms with Gasteiger partial charge in [-0.05, 0) is 6.42 Å². The average Bonchev–Trinajstić information content (AvgIpc) is 2.74. The number of nitrogens with zero attached hydrogens (tertiary/aromatic N) is 2. The molecule has 2 rings (SSSR count). The minimum Gasteiger partial charge on any atom is -0.317 e. The highest BCUT2D eigenvalue weighted by molar-refractivity contribution is 6.16. The van der Waals surface area contributed by atoms with E-state index in [1.54, 1.807) is 42.6 Å². The van der Waals surface area contributed by atoms with Gasteiger partial charge in [0.25, 0.3) is 5.91 Å². The molecule has 0 aliphatic carbocycles. The number of carbonyl (C=O) groups excluding carboxylic acids is 2. The molecule has 0 saturated heterocycles. The Bertz CT molecular complexity index is 643. The lowest BCUT2D eigenvalue weighted by atomic mass is 10.1. The predicted octanol–water partition coefficient (Wildman–Crippen LogP) is 2.08. The van der Waals surface area contributed by atoms with E-state index < -0.39 is 23.7 Å². The first kappa shape index (κ1) is 17.0. The second-order valence-electron chi connectivity index (χ2n) is 5.15. The van der Waals surface area contributed by atoms with Gasteiger partial charge in [0.2, 0.25) is 5.91 Å². The standard InChI is InChI=1S/C15H16F3N3O2/c1-3-9-21-12(11-7-5-4-6-8-11)20-14(13(21)23,15(16,17)18)19-10(2)22/h4-8H,3,9H2,1-2H3,(H,19,22). The molecular formula is C15H16F3N3O2. The van der Waals surface area contributed by atoms with Crippen molar-refractivity contribution in [3.63, 3.8) is 0 Å². The summed E-state index contributed by atoms with van der Waals surface area (Å²) in [7, 11) is 0. The van der Waals surface area contributed by atoms with Crippen LogP contribution >= 0.6 is 0 Å². The molecule has 0 aromatic heterocycles. The van der Waals surface area contributed by atoms with Crippen molar-refractivity contribution >= 4 is 17.6 Å². The van der Waals surface area contributed by atoms with Crippen molar-refractivity contribution in [1.82, 2.24) is 10.2 Å². The van der Waals surface area contributed by atoms with Crippen molar-refractivity contribution in [1.29, 1.82) is 0 Å². The number of hydrogen-bond acceptors (Lipinski definition) is 3. The van der Waals surface area contributed by atoms with Gasteiger partial charge in [-0.25, -0.2) is 4.99 Å². The van der Waals surface area contributed by atoms with Gasteiger partial charge < -0.3 is 5.32 Å². The Kier molecular flexibility index (Phi) is 4.44. The van der Waals surface area contributed by atoms with Gasteiger partial charge in [-0.1, -0.05) is 37.3 Å². The Labute approximate surface area is 131 Å². The third-order valence-corrected chi connectivity index (χ3v) is 3.33. The Hall–Kier alpha value is -2.38. The molecule has 23 heavy (non-hydrogen) atoms. The van der Waals surface area contributed by atoms with Gasteiger partial charge in [0.15, 0.2) is 0 Å². The van der Waals surface area contributed by atoms with E-state index in [1.165, 1.54) is 0 Å². The summed E-state index contributed by atoms with van der Waals surface area (Å²) in [4.78, 5) is 28.3. The molecule has 1 heterocycles. The first-order chi connectivity index (χ1) is 10.7. The summed E-state index contributed by atoms with van der Waals surface area (Å²) in [6.45, 7) is 2.73. The van der Waals surface area contributed by atoms with Crippen molar-refractivity contribution in [2.24, 2.45) is 4.99 Å². The maximum absolute atomic E-state index is 13.6. The smallest absolute Gasteiger partial charge is 0.317 e. The third-order valence-electron chi connectivity index (χ3n) is 3.33. The maximum atomic E-state index is 13.6. The van der Waals surface area contributed by atoms with Gasteiger partial charge in [-0.15, -0.1) is 0 Å². The molecule has 1 aliphatic rings. The Morgan fingerprint density at radius 3 is 2.39 bits per heavy atom. The number of carbonyl (C=O) groups is 2. The van der Waals surface area contributed by atoms with Crippen LogP contribution in [0, 0.1) is 0 Å². The highest BCUT2D eigenvalue weighted by Gasteiger charge is 2.66. The quantitative estimate of drug-likeness (QED) is 0.920. The average molecular weight is 327 g/mol. The normalized spacial score (nSPS) is 21.3. The Balaban J connectivity index is 2.61. The summed E-state index contributed by atoms with van der Waals surface area (Å²) in [6, 6.07) is 8.11. The van der Waals surface area contributed by atoms with Gasteiger partial charge in [-0.2, -0.15) is 13.2 Å². The number of nitrogens with one attached hydrogen (secondary N) is 1. The number of rotatable bonds is 4. The van der Waals surface area contributed by atoms with E-state index in [2.05, 4.69) is 4.99 Å². The SMILES string of the molecule is CCCN1C(=O)C(NC(C)=O)(C(F)(F)F)N=C1c1ccccc1. The molecular weight excluding hydrogens is 311 g/mol. The Morgan fingerprint density at radius 2 is 1.91 bits per heavy atom. The second kappa shape index (κ2) is 6.02. The number of hydrogen-bond donors (Lipinski definition) is 1. The van der Waals surface area contributed by atoms with Crippen LogP contribution in [0.4, 0.5) is 13.2 Å². The number of amidine groups is 1. The summed E-state index contributed by atoms with van der Waals surface area (Å²) in [5.74, 6) is -2.37. The van der Waals surface area contributed by atoms with Crippen LogP contribution < -0.4 is 5.32 Å². The molecule has 1 unspecified atom stereocenters. The predicted molar refractivity (Wildman–Crippen MR) is 77.6 cm³/mol. The van der Waals surface area contributed by atoms with E-state index in [-0.39, 0.29) is 12.4 Å². The third kappa shape index (κ3) is 2.93.